The lowest BCUT2D eigenvalue weighted by atomic mass is 9.81. The molecule has 0 spiro atoms. The smallest absolute Gasteiger partial charge is 0.381 e. The number of rotatable bonds is 6. The highest BCUT2D eigenvalue weighted by atomic mass is 32.2. The van der Waals surface area contributed by atoms with E-state index in [-0.39, 0.29) is 17.7 Å². The first-order valence-corrected chi connectivity index (χ1v) is 9.89. The molecule has 0 bridgehead atoms. The summed E-state index contributed by atoms with van der Waals surface area (Å²) in [6.07, 6.45) is -1.54. The van der Waals surface area contributed by atoms with Crippen LogP contribution in [0.2, 0.25) is 0 Å². The van der Waals surface area contributed by atoms with Crippen molar-refractivity contribution in [2.45, 2.75) is 31.5 Å². The summed E-state index contributed by atoms with van der Waals surface area (Å²) in [6.45, 7) is 0. The fourth-order valence-corrected chi connectivity index (χ4v) is 4.86. The van der Waals surface area contributed by atoms with Gasteiger partial charge < -0.3 is 10.3 Å². The molecule has 6 nitrogen and oxygen atoms in total. The number of nitrogens with one attached hydrogen (secondary N) is 2. The number of fused-ring (bicyclic) bond motifs is 1. The van der Waals surface area contributed by atoms with Gasteiger partial charge in [-0.05, 0) is 24.8 Å². The third kappa shape index (κ3) is 4.27. The Morgan fingerprint density at radius 1 is 1.38 bits per heavy atom. The van der Waals surface area contributed by atoms with E-state index >= 15 is 0 Å². The van der Waals surface area contributed by atoms with Gasteiger partial charge in [-0.2, -0.15) is 18.4 Å². The third-order valence-electron chi connectivity index (χ3n) is 4.48. The summed E-state index contributed by atoms with van der Waals surface area (Å²) in [5, 5.41) is 13.2. The van der Waals surface area contributed by atoms with Gasteiger partial charge in [0.2, 0.25) is 0 Å². The van der Waals surface area contributed by atoms with Crippen molar-refractivity contribution < 1.29 is 21.6 Å². The van der Waals surface area contributed by atoms with Crippen LogP contribution in [0.5, 0.6) is 0 Å². The Hall–Kier alpha value is -2.28. The van der Waals surface area contributed by atoms with Gasteiger partial charge in [-0.1, -0.05) is 0 Å². The lowest BCUT2D eigenvalue weighted by Crippen LogP contribution is -2.39. The summed E-state index contributed by atoms with van der Waals surface area (Å²) in [4.78, 5) is 7.09. The van der Waals surface area contributed by atoms with Crippen LogP contribution in [-0.4, -0.2) is 42.1 Å². The average molecular weight is 386 g/mol. The lowest BCUT2D eigenvalue weighted by molar-refractivity contribution is -0.129. The Kier molecular flexibility index (Phi) is 4.84. The highest BCUT2D eigenvalue weighted by molar-refractivity contribution is 7.91. The highest BCUT2D eigenvalue weighted by Crippen LogP contribution is 2.35. The number of sulfone groups is 1. The number of H-pyrrole nitrogens is 1. The molecule has 10 heteroatoms. The van der Waals surface area contributed by atoms with Crippen LogP contribution in [0.15, 0.2) is 18.5 Å². The van der Waals surface area contributed by atoms with Crippen LogP contribution in [0.3, 0.4) is 0 Å². The summed E-state index contributed by atoms with van der Waals surface area (Å²) in [6, 6.07) is 3.84. The summed E-state index contributed by atoms with van der Waals surface area (Å²) >= 11 is 0. The minimum absolute atomic E-state index is 0.0228. The molecule has 140 valence electrons. The largest absolute Gasteiger partial charge is 0.390 e. The van der Waals surface area contributed by atoms with Gasteiger partial charge in [0.25, 0.3) is 0 Å². The molecule has 0 saturated heterocycles. The number of hydrogen-bond acceptors (Lipinski definition) is 5. The van der Waals surface area contributed by atoms with Crippen molar-refractivity contribution in [3.8, 4) is 6.07 Å². The minimum atomic E-state index is -4.46. The van der Waals surface area contributed by atoms with Gasteiger partial charge in [0.1, 0.15) is 11.7 Å². The standard InChI is InChI=1S/C16H17F3N4O2S/c17-16(18,19)2-4-26(24,25)9-10-5-12(6-10)23-14-11(7-20)8-22-15-13(14)1-3-21-15/h1,3,8,10,12H,2,4-6,9H2,(H2,21,22,23). The van der Waals surface area contributed by atoms with Crippen molar-refractivity contribution in [2.75, 3.05) is 16.8 Å². The van der Waals surface area contributed by atoms with Crippen LogP contribution in [0.4, 0.5) is 18.9 Å². The summed E-state index contributed by atoms with van der Waals surface area (Å²) in [7, 11) is -3.72. The van der Waals surface area contributed by atoms with E-state index in [2.05, 4.69) is 21.4 Å². The maximum Gasteiger partial charge on any atom is 0.390 e. The molecule has 1 aliphatic rings. The number of halogens is 3. The molecular weight excluding hydrogens is 369 g/mol. The molecule has 0 unspecified atom stereocenters. The highest BCUT2D eigenvalue weighted by Gasteiger charge is 2.35. The Morgan fingerprint density at radius 3 is 2.77 bits per heavy atom. The predicted octanol–water partition coefficient (Wildman–Crippen LogP) is 2.99. The molecule has 3 rings (SSSR count). The molecule has 1 aliphatic carbocycles. The zero-order valence-electron chi connectivity index (χ0n) is 13.7. The molecule has 0 atom stereocenters. The van der Waals surface area contributed by atoms with Crippen molar-refractivity contribution in [3.05, 3.63) is 24.0 Å². The second-order valence-corrected chi connectivity index (χ2v) is 8.79. The number of aromatic nitrogens is 2. The Morgan fingerprint density at radius 2 is 2.12 bits per heavy atom. The van der Waals surface area contributed by atoms with E-state index in [9.17, 15) is 26.9 Å². The molecule has 0 aromatic carbocycles. The van der Waals surface area contributed by atoms with E-state index in [4.69, 9.17) is 0 Å². The van der Waals surface area contributed by atoms with Gasteiger partial charge in [0, 0.05) is 23.8 Å². The molecule has 1 saturated carbocycles. The Bertz CT molecular complexity index is 941. The van der Waals surface area contributed by atoms with Crippen molar-refractivity contribution >= 4 is 26.6 Å². The zero-order chi connectivity index (χ0) is 18.9. The van der Waals surface area contributed by atoms with E-state index in [0.717, 1.165) is 5.39 Å². The van der Waals surface area contributed by atoms with E-state index in [0.29, 0.717) is 29.7 Å². The second-order valence-electron chi connectivity index (χ2n) is 6.56. The molecule has 2 aromatic heterocycles. The van der Waals surface area contributed by atoms with Gasteiger partial charge in [-0.3, -0.25) is 0 Å². The van der Waals surface area contributed by atoms with Crippen molar-refractivity contribution in [2.24, 2.45) is 5.92 Å². The molecule has 1 fully saturated rings. The van der Waals surface area contributed by atoms with Crippen LogP contribution in [0, 0.1) is 17.2 Å². The van der Waals surface area contributed by atoms with E-state index in [1.807, 2.05) is 0 Å². The van der Waals surface area contributed by atoms with E-state index < -0.39 is 28.2 Å². The molecular formula is C16H17F3N4O2S. The van der Waals surface area contributed by atoms with E-state index in [1.165, 1.54) is 6.20 Å². The van der Waals surface area contributed by atoms with Crippen LogP contribution in [-0.2, 0) is 9.84 Å². The maximum atomic E-state index is 12.2. The summed E-state index contributed by atoms with van der Waals surface area (Å²) in [5.74, 6) is -1.26. The number of pyridine rings is 1. The number of aromatic amines is 1. The van der Waals surface area contributed by atoms with Gasteiger partial charge >= 0.3 is 6.18 Å². The topological polar surface area (TPSA) is 98.6 Å². The van der Waals surface area contributed by atoms with E-state index in [1.54, 1.807) is 12.3 Å². The average Bonchev–Trinajstić information content (AvgIpc) is 2.99. The van der Waals surface area contributed by atoms with Gasteiger partial charge in [0.15, 0.2) is 9.84 Å². The van der Waals surface area contributed by atoms with Crippen LogP contribution in [0.1, 0.15) is 24.8 Å². The van der Waals surface area contributed by atoms with Gasteiger partial charge in [-0.15, -0.1) is 0 Å². The molecule has 2 aromatic rings. The second kappa shape index (κ2) is 6.79. The molecule has 0 radical (unpaired) electrons. The first-order valence-electron chi connectivity index (χ1n) is 8.07. The molecule has 2 heterocycles. The molecule has 26 heavy (non-hydrogen) atoms. The van der Waals surface area contributed by atoms with Gasteiger partial charge in [-0.25, -0.2) is 13.4 Å². The first kappa shape index (κ1) is 18.5. The number of nitrogens with zero attached hydrogens (tertiary/aromatic N) is 2. The summed E-state index contributed by atoms with van der Waals surface area (Å²) in [5.41, 5.74) is 1.66. The third-order valence-corrected chi connectivity index (χ3v) is 6.28. The predicted molar refractivity (Wildman–Crippen MR) is 90.3 cm³/mol. The molecule has 0 aliphatic heterocycles. The van der Waals surface area contributed by atoms with Crippen LogP contribution in [0.25, 0.3) is 11.0 Å². The van der Waals surface area contributed by atoms with Crippen molar-refractivity contribution in [1.82, 2.24) is 9.97 Å². The van der Waals surface area contributed by atoms with Crippen molar-refractivity contribution in [3.63, 3.8) is 0 Å². The van der Waals surface area contributed by atoms with Crippen LogP contribution >= 0.6 is 0 Å². The van der Waals surface area contributed by atoms with Gasteiger partial charge in [0.05, 0.1) is 29.2 Å². The number of nitriles is 1. The quantitative estimate of drug-likeness (QED) is 0.795. The Balaban J connectivity index is 1.58. The van der Waals surface area contributed by atoms with Crippen molar-refractivity contribution in [1.29, 1.82) is 5.26 Å². The Labute approximate surface area is 148 Å². The summed E-state index contributed by atoms with van der Waals surface area (Å²) < 4.78 is 60.2. The number of hydrogen-bond donors (Lipinski definition) is 2. The molecule has 0 amide bonds. The number of anilines is 1. The normalized spacial score (nSPS) is 20.5. The fourth-order valence-electron chi connectivity index (χ4n) is 3.16. The monoisotopic (exact) mass is 386 g/mol. The minimum Gasteiger partial charge on any atom is -0.381 e. The number of alkyl halides is 3. The zero-order valence-corrected chi connectivity index (χ0v) is 14.5. The lowest BCUT2D eigenvalue weighted by Gasteiger charge is -2.36. The SMILES string of the molecule is N#Cc1cnc2[nH]ccc2c1NC1CC(CS(=O)(=O)CCC(F)(F)F)C1. The molecule has 2 N–H and O–H groups in total. The van der Waals surface area contributed by atoms with Crippen LogP contribution < -0.4 is 5.32 Å². The fraction of sp³-hybridized carbons (Fsp3) is 0.500. The first-order chi connectivity index (χ1) is 12.2. The maximum absolute atomic E-state index is 12.2.